The second-order valence-corrected chi connectivity index (χ2v) is 13.8. The van der Waals surface area contributed by atoms with Crippen LogP contribution in [0.4, 0.5) is 0 Å². The van der Waals surface area contributed by atoms with Gasteiger partial charge in [-0.3, -0.25) is 9.59 Å². The maximum absolute atomic E-state index is 12.6. The summed E-state index contributed by atoms with van der Waals surface area (Å²) < 4.78 is 5.86. The molecule has 45 heavy (non-hydrogen) atoms. The van der Waals surface area contributed by atoms with Gasteiger partial charge in [-0.05, 0) is 44.6 Å². The summed E-state index contributed by atoms with van der Waals surface area (Å²) in [6, 6.07) is 0. The van der Waals surface area contributed by atoms with Gasteiger partial charge in [0.05, 0.1) is 0 Å². The number of carbonyl (C=O) groups is 2. The van der Waals surface area contributed by atoms with E-state index in [1.54, 1.807) is 0 Å². The molecule has 266 valence electrons. The van der Waals surface area contributed by atoms with Gasteiger partial charge in [0, 0.05) is 12.8 Å². The molecule has 0 rings (SSSR count). The number of rotatable bonds is 37. The highest BCUT2D eigenvalue weighted by Crippen LogP contribution is 2.17. The van der Waals surface area contributed by atoms with Crippen LogP contribution in [-0.2, 0) is 14.3 Å². The Hall–Kier alpha value is -1.32. The van der Waals surface area contributed by atoms with E-state index in [1.807, 2.05) is 0 Å². The summed E-state index contributed by atoms with van der Waals surface area (Å²) in [6.07, 6.45) is 45.5. The number of unbranched alkanes of at least 4 members (excludes halogenated alkanes) is 28. The fraction of sp³-hybridized carbons (Fsp3) is 0.902. The molecule has 0 bridgehead atoms. The molecule has 0 aromatic heterocycles. The van der Waals surface area contributed by atoms with E-state index in [0.29, 0.717) is 6.42 Å². The Labute approximate surface area is 281 Å². The van der Waals surface area contributed by atoms with Crippen molar-refractivity contribution >= 4 is 11.9 Å². The van der Waals surface area contributed by atoms with Gasteiger partial charge in [-0.25, -0.2) is 0 Å². The topological polar surface area (TPSA) is 63.6 Å². The number of aliphatic carboxylic acids is 1. The lowest BCUT2D eigenvalue weighted by Crippen LogP contribution is -2.16. The van der Waals surface area contributed by atoms with Gasteiger partial charge in [-0.2, -0.15) is 0 Å². The second-order valence-electron chi connectivity index (χ2n) is 13.8. The van der Waals surface area contributed by atoms with Crippen molar-refractivity contribution < 1.29 is 19.4 Å². The van der Waals surface area contributed by atoms with Crippen molar-refractivity contribution in [3.05, 3.63) is 12.2 Å². The zero-order chi connectivity index (χ0) is 32.9. The van der Waals surface area contributed by atoms with Gasteiger partial charge < -0.3 is 9.84 Å². The average molecular weight is 635 g/mol. The SMILES string of the molecule is CCCCCCC/C=C\C(CCCCCCC(=O)O)OC(=O)CCCCCCCCCCCCCCCCCCCCCCC. The van der Waals surface area contributed by atoms with Gasteiger partial charge in [-0.1, -0.05) is 187 Å². The largest absolute Gasteiger partial charge is 0.481 e. The van der Waals surface area contributed by atoms with E-state index in [-0.39, 0.29) is 18.5 Å². The Balaban J connectivity index is 3.75. The van der Waals surface area contributed by atoms with E-state index in [2.05, 4.69) is 26.0 Å². The van der Waals surface area contributed by atoms with Crippen molar-refractivity contribution in [3.63, 3.8) is 0 Å². The normalized spacial score (nSPS) is 12.2. The van der Waals surface area contributed by atoms with E-state index in [9.17, 15) is 9.59 Å². The molecule has 0 aliphatic heterocycles. The zero-order valence-corrected chi connectivity index (χ0v) is 30.4. The molecule has 0 aromatic rings. The first-order valence-electron chi connectivity index (χ1n) is 20.2. The first-order valence-corrected chi connectivity index (χ1v) is 20.2. The lowest BCUT2D eigenvalue weighted by molar-refractivity contribution is -0.147. The molecule has 1 N–H and O–H groups in total. The monoisotopic (exact) mass is 635 g/mol. The number of allylic oxidation sites excluding steroid dienone is 1. The van der Waals surface area contributed by atoms with Crippen LogP contribution in [0.3, 0.4) is 0 Å². The van der Waals surface area contributed by atoms with Crippen LogP contribution in [0.1, 0.15) is 232 Å². The molecule has 0 aromatic carbocycles. The molecule has 0 saturated carbocycles. The lowest BCUT2D eigenvalue weighted by Gasteiger charge is -2.15. The second kappa shape index (κ2) is 37.1. The van der Waals surface area contributed by atoms with E-state index >= 15 is 0 Å². The maximum Gasteiger partial charge on any atom is 0.306 e. The molecular formula is C41H78O4. The highest BCUT2D eigenvalue weighted by atomic mass is 16.5. The summed E-state index contributed by atoms with van der Waals surface area (Å²) in [5.74, 6) is -0.778. The number of carboxylic acid groups (broad SMARTS) is 1. The summed E-state index contributed by atoms with van der Waals surface area (Å²) in [5.41, 5.74) is 0. The number of esters is 1. The third-order valence-electron chi connectivity index (χ3n) is 9.22. The highest BCUT2D eigenvalue weighted by Gasteiger charge is 2.11. The molecule has 0 heterocycles. The molecule has 0 spiro atoms. The standard InChI is InChI=1S/C41H78O4/c1-3-5-7-9-11-12-13-14-15-16-17-18-19-20-21-22-23-24-26-28-34-38-41(44)45-39(35-31-27-25-10-8-6-4-2)36-32-29-30-33-37-40(42)43/h31,35,39H,3-30,32-34,36-38H2,1-2H3,(H,42,43)/b35-31-. The fourth-order valence-corrected chi connectivity index (χ4v) is 6.21. The summed E-state index contributed by atoms with van der Waals surface area (Å²) in [5, 5.41) is 8.81. The number of hydrogen-bond donors (Lipinski definition) is 1. The Morgan fingerprint density at radius 1 is 0.489 bits per heavy atom. The van der Waals surface area contributed by atoms with Crippen LogP contribution in [0.15, 0.2) is 12.2 Å². The summed E-state index contributed by atoms with van der Waals surface area (Å²) in [4.78, 5) is 23.3. The minimum absolute atomic E-state index is 0.0590. The smallest absolute Gasteiger partial charge is 0.306 e. The molecule has 0 radical (unpaired) electrons. The van der Waals surface area contributed by atoms with Gasteiger partial charge in [0.2, 0.25) is 0 Å². The molecule has 0 saturated heterocycles. The molecule has 0 amide bonds. The summed E-state index contributed by atoms with van der Waals surface area (Å²) in [7, 11) is 0. The Kier molecular flexibility index (Phi) is 36.1. The van der Waals surface area contributed by atoms with Crippen LogP contribution >= 0.6 is 0 Å². The van der Waals surface area contributed by atoms with Gasteiger partial charge >= 0.3 is 11.9 Å². The molecule has 1 unspecified atom stereocenters. The van der Waals surface area contributed by atoms with Crippen molar-refractivity contribution in [2.24, 2.45) is 0 Å². The number of hydrogen-bond acceptors (Lipinski definition) is 3. The van der Waals surface area contributed by atoms with Crippen LogP contribution < -0.4 is 0 Å². The van der Waals surface area contributed by atoms with E-state index < -0.39 is 5.97 Å². The van der Waals surface area contributed by atoms with Crippen molar-refractivity contribution in [1.82, 2.24) is 0 Å². The third kappa shape index (κ3) is 37.0. The summed E-state index contributed by atoms with van der Waals surface area (Å²) in [6.45, 7) is 4.53. The Bertz CT molecular complexity index is 643. The summed E-state index contributed by atoms with van der Waals surface area (Å²) >= 11 is 0. The van der Waals surface area contributed by atoms with Gasteiger partial charge in [0.15, 0.2) is 0 Å². The molecule has 1 atom stereocenters. The van der Waals surface area contributed by atoms with E-state index in [4.69, 9.17) is 9.84 Å². The van der Waals surface area contributed by atoms with E-state index in [0.717, 1.165) is 51.4 Å². The average Bonchev–Trinajstić information content (AvgIpc) is 3.02. The van der Waals surface area contributed by atoms with Crippen LogP contribution in [-0.4, -0.2) is 23.1 Å². The van der Waals surface area contributed by atoms with Crippen molar-refractivity contribution in [2.75, 3.05) is 0 Å². The van der Waals surface area contributed by atoms with Crippen LogP contribution in [0, 0.1) is 0 Å². The molecule has 4 heteroatoms. The third-order valence-corrected chi connectivity index (χ3v) is 9.22. The number of ether oxygens (including phenoxy) is 1. The van der Waals surface area contributed by atoms with Crippen LogP contribution in [0.2, 0.25) is 0 Å². The minimum atomic E-state index is -0.719. The Morgan fingerprint density at radius 2 is 0.844 bits per heavy atom. The van der Waals surface area contributed by atoms with Gasteiger partial charge in [-0.15, -0.1) is 0 Å². The van der Waals surface area contributed by atoms with E-state index in [1.165, 1.54) is 154 Å². The minimum Gasteiger partial charge on any atom is -0.481 e. The predicted octanol–water partition coefficient (Wildman–Crippen LogP) is 13.8. The van der Waals surface area contributed by atoms with Gasteiger partial charge in [0.25, 0.3) is 0 Å². The molecule has 0 aliphatic rings. The lowest BCUT2D eigenvalue weighted by atomic mass is 10.0. The Morgan fingerprint density at radius 3 is 1.27 bits per heavy atom. The first kappa shape index (κ1) is 43.7. The van der Waals surface area contributed by atoms with Crippen molar-refractivity contribution in [1.29, 1.82) is 0 Å². The van der Waals surface area contributed by atoms with Gasteiger partial charge in [0.1, 0.15) is 6.10 Å². The van der Waals surface area contributed by atoms with Crippen molar-refractivity contribution in [2.45, 2.75) is 238 Å². The van der Waals surface area contributed by atoms with Crippen LogP contribution in [0.25, 0.3) is 0 Å². The maximum atomic E-state index is 12.6. The first-order chi connectivity index (χ1) is 22.1. The number of carboxylic acids is 1. The highest BCUT2D eigenvalue weighted by molar-refractivity contribution is 5.69. The fourth-order valence-electron chi connectivity index (χ4n) is 6.21. The molecule has 4 nitrogen and oxygen atoms in total. The van der Waals surface area contributed by atoms with Crippen LogP contribution in [0.5, 0.6) is 0 Å². The van der Waals surface area contributed by atoms with Crippen molar-refractivity contribution in [3.8, 4) is 0 Å². The zero-order valence-electron chi connectivity index (χ0n) is 30.4. The quantitative estimate of drug-likeness (QED) is 0.0419. The number of carbonyl (C=O) groups excluding carboxylic acids is 1. The molecule has 0 aliphatic carbocycles. The predicted molar refractivity (Wildman–Crippen MR) is 195 cm³/mol. The molecular weight excluding hydrogens is 556 g/mol. The molecule has 0 fully saturated rings.